The highest BCUT2D eigenvalue weighted by Gasteiger charge is 2.20. The summed E-state index contributed by atoms with van der Waals surface area (Å²) in [5.74, 6) is -0.244. The molecule has 2 heterocycles. The summed E-state index contributed by atoms with van der Waals surface area (Å²) in [4.78, 5) is 15.1. The first-order chi connectivity index (χ1) is 8.13. The monoisotopic (exact) mass is 236 g/mol. The van der Waals surface area contributed by atoms with E-state index in [4.69, 9.17) is 4.42 Å². The summed E-state index contributed by atoms with van der Waals surface area (Å²) in [6.45, 7) is 0. The minimum absolute atomic E-state index is 0.0590. The van der Waals surface area contributed by atoms with Crippen molar-refractivity contribution in [3.05, 3.63) is 41.9 Å². The number of esters is 1. The van der Waals surface area contributed by atoms with Crippen molar-refractivity contribution in [2.45, 2.75) is 6.10 Å². The molecule has 1 unspecified atom stereocenters. The molecule has 0 aliphatic rings. The van der Waals surface area contributed by atoms with Crippen molar-refractivity contribution in [3.8, 4) is 0 Å². The van der Waals surface area contributed by atoms with Crippen LogP contribution < -0.4 is 0 Å². The molecule has 0 saturated carbocycles. The van der Waals surface area contributed by atoms with Crippen LogP contribution in [0.2, 0.25) is 0 Å². The highest BCUT2D eigenvalue weighted by molar-refractivity contribution is 5.86. The Hall–Kier alpha value is -2.08. The summed E-state index contributed by atoms with van der Waals surface area (Å²) in [6, 6.07) is 2.99. The molecule has 90 valence electrons. The number of hydrogen-bond acceptors (Lipinski definition) is 5. The molecule has 2 aromatic rings. The van der Waals surface area contributed by atoms with Crippen molar-refractivity contribution in [1.29, 1.82) is 0 Å². The number of rotatable bonds is 3. The summed E-state index contributed by atoms with van der Waals surface area (Å²) < 4.78 is 11.4. The van der Waals surface area contributed by atoms with E-state index in [-0.39, 0.29) is 11.5 Å². The smallest absolute Gasteiger partial charge is 0.373 e. The molecular formula is C11H12N2O4. The third-order valence-corrected chi connectivity index (χ3v) is 2.42. The number of carbonyl (C=O) groups excluding carboxylic acids is 1. The number of carbonyl (C=O) groups is 1. The maximum absolute atomic E-state index is 11.2. The topological polar surface area (TPSA) is 77.5 Å². The fourth-order valence-corrected chi connectivity index (χ4v) is 1.49. The van der Waals surface area contributed by atoms with E-state index in [9.17, 15) is 9.90 Å². The minimum atomic E-state index is -0.957. The number of aryl methyl sites for hydroxylation is 1. The van der Waals surface area contributed by atoms with E-state index in [1.165, 1.54) is 25.4 Å². The molecule has 17 heavy (non-hydrogen) atoms. The molecule has 0 spiro atoms. The Morgan fingerprint density at radius 1 is 1.59 bits per heavy atom. The van der Waals surface area contributed by atoms with Gasteiger partial charge in [-0.15, -0.1) is 0 Å². The number of hydrogen-bond donors (Lipinski definition) is 1. The molecule has 0 bridgehead atoms. The molecule has 1 atom stereocenters. The van der Waals surface area contributed by atoms with E-state index in [0.717, 1.165) is 0 Å². The molecule has 0 amide bonds. The standard InChI is InChI=1S/C11H12N2O4/c1-13-6-12-5-7(13)10(14)8-3-4-9(17-8)11(15)16-2/h3-6,10,14H,1-2H3. The van der Waals surface area contributed by atoms with Gasteiger partial charge in [0.25, 0.3) is 0 Å². The second-order valence-electron chi connectivity index (χ2n) is 3.53. The highest BCUT2D eigenvalue weighted by Crippen LogP contribution is 2.23. The number of ether oxygens (including phenoxy) is 1. The average molecular weight is 236 g/mol. The predicted molar refractivity (Wildman–Crippen MR) is 57.3 cm³/mol. The lowest BCUT2D eigenvalue weighted by Crippen LogP contribution is -2.04. The van der Waals surface area contributed by atoms with E-state index in [2.05, 4.69) is 9.72 Å². The minimum Gasteiger partial charge on any atom is -0.463 e. The van der Waals surface area contributed by atoms with Gasteiger partial charge in [0.1, 0.15) is 5.76 Å². The van der Waals surface area contributed by atoms with Crippen molar-refractivity contribution in [2.75, 3.05) is 7.11 Å². The Morgan fingerprint density at radius 2 is 2.35 bits per heavy atom. The number of nitrogens with zero attached hydrogens (tertiary/aromatic N) is 2. The number of methoxy groups -OCH3 is 1. The molecule has 2 aromatic heterocycles. The van der Waals surface area contributed by atoms with Gasteiger partial charge in [0.15, 0.2) is 6.10 Å². The number of furan rings is 1. The Kier molecular flexibility index (Phi) is 2.97. The van der Waals surface area contributed by atoms with Crippen LogP contribution in [0.4, 0.5) is 0 Å². The van der Waals surface area contributed by atoms with E-state index in [1.54, 1.807) is 17.9 Å². The lowest BCUT2D eigenvalue weighted by atomic mass is 10.2. The van der Waals surface area contributed by atoms with Gasteiger partial charge in [-0.1, -0.05) is 0 Å². The highest BCUT2D eigenvalue weighted by atomic mass is 16.5. The quantitative estimate of drug-likeness (QED) is 0.800. The molecular weight excluding hydrogens is 224 g/mol. The summed E-state index contributed by atoms with van der Waals surface area (Å²) in [6.07, 6.45) is 2.15. The van der Waals surface area contributed by atoms with Crippen LogP contribution in [0.3, 0.4) is 0 Å². The number of aliphatic hydroxyl groups excluding tert-OH is 1. The van der Waals surface area contributed by atoms with Gasteiger partial charge in [-0.2, -0.15) is 0 Å². The SMILES string of the molecule is COC(=O)c1ccc(C(O)c2cncn2C)o1. The fourth-order valence-electron chi connectivity index (χ4n) is 1.49. The van der Waals surface area contributed by atoms with E-state index in [0.29, 0.717) is 5.69 Å². The first-order valence-electron chi connectivity index (χ1n) is 4.96. The van der Waals surface area contributed by atoms with Crippen molar-refractivity contribution in [2.24, 2.45) is 7.05 Å². The molecule has 1 N–H and O–H groups in total. The van der Waals surface area contributed by atoms with Crippen LogP contribution in [-0.4, -0.2) is 27.7 Å². The summed E-state index contributed by atoms with van der Waals surface area (Å²) in [5.41, 5.74) is 0.579. The Balaban J connectivity index is 2.26. The van der Waals surface area contributed by atoms with Gasteiger partial charge in [-0.25, -0.2) is 9.78 Å². The lowest BCUT2D eigenvalue weighted by Gasteiger charge is -2.07. The predicted octanol–water partition coefficient (Wildman–Crippen LogP) is 0.881. The number of aromatic nitrogens is 2. The molecule has 0 aliphatic carbocycles. The molecule has 0 aromatic carbocycles. The maximum Gasteiger partial charge on any atom is 0.373 e. The van der Waals surface area contributed by atoms with Gasteiger partial charge in [-0.3, -0.25) is 0 Å². The molecule has 0 fully saturated rings. The zero-order chi connectivity index (χ0) is 12.4. The molecule has 0 aliphatic heterocycles. The molecule has 6 nitrogen and oxygen atoms in total. The van der Waals surface area contributed by atoms with Gasteiger partial charge in [0.05, 0.1) is 25.3 Å². The first-order valence-corrected chi connectivity index (χ1v) is 4.96. The number of aliphatic hydroxyl groups is 1. The van der Waals surface area contributed by atoms with Gasteiger partial charge in [-0.05, 0) is 12.1 Å². The molecule has 0 radical (unpaired) electrons. The van der Waals surface area contributed by atoms with Gasteiger partial charge >= 0.3 is 5.97 Å². The molecule has 0 saturated heterocycles. The number of imidazole rings is 1. The van der Waals surface area contributed by atoms with Gasteiger partial charge in [0.2, 0.25) is 5.76 Å². The van der Waals surface area contributed by atoms with Crippen LogP contribution in [-0.2, 0) is 11.8 Å². The second-order valence-corrected chi connectivity index (χ2v) is 3.53. The fraction of sp³-hybridized carbons (Fsp3) is 0.273. The third-order valence-electron chi connectivity index (χ3n) is 2.42. The Bertz CT molecular complexity index is 529. The van der Waals surface area contributed by atoms with Gasteiger partial charge in [0, 0.05) is 7.05 Å². The van der Waals surface area contributed by atoms with E-state index in [1.807, 2.05) is 0 Å². The van der Waals surface area contributed by atoms with Crippen LogP contribution >= 0.6 is 0 Å². The Morgan fingerprint density at radius 3 is 2.94 bits per heavy atom. The van der Waals surface area contributed by atoms with Gasteiger partial charge < -0.3 is 18.8 Å². The van der Waals surface area contributed by atoms with Crippen molar-refractivity contribution in [1.82, 2.24) is 9.55 Å². The first kappa shape index (κ1) is 11.4. The van der Waals surface area contributed by atoms with Crippen LogP contribution in [0.5, 0.6) is 0 Å². The van der Waals surface area contributed by atoms with Crippen LogP contribution in [0.25, 0.3) is 0 Å². The second kappa shape index (κ2) is 4.42. The van der Waals surface area contributed by atoms with Crippen LogP contribution in [0.15, 0.2) is 29.1 Å². The average Bonchev–Trinajstić information content (AvgIpc) is 2.95. The van der Waals surface area contributed by atoms with Crippen molar-refractivity contribution >= 4 is 5.97 Å². The zero-order valence-electron chi connectivity index (χ0n) is 9.45. The van der Waals surface area contributed by atoms with E-state index >= 15 is 0 Å². The summed E-state index contributed by atoms with van der Waals surface area (Å²) >= 11 is 0. The maximum atomic E-state index is 11.2. The zero-order valence-corrected chi connectivity index (χ0v) is 9.45. The molecule has 6 heteroatoms. The van der Waals surface area contributed by atoms with Crippen molar-refractivity contribution in [3.63, 3.8) is 0 Å². The third kappa shape index (κ3) is 2.07. The normalized spacial score (nSPS) is 12.4. The molecule has 2 rings (SSSR count). The summed E-state index contributed by atoms with van der Waals surface area (Å²) in [5, 5.41) is 10.0. The van der Waals surface area contributed by atoms with Crippen molar-refractivity contribution < 1.29 is 19.1 Å². The summed E-state index contributed by atoms with van der Waals surface area (Å²) in [7, 11) is 3.03. The Labute approximate surface area is 97.5 Å². The lowest BCUT2D eigenvalue weighted by molar-refractivity contribution is 0.0557. The van der Waals surface area contributed by atoms with E-state index < -0.39 is 12.1 Å². The van der Waals surface area contributed by atoms with Crippen LogP contribution in [0, 0.1) is 0 Å². The van der Waals surface area contributed by atoms with Crippen LogP contribution in [0.1, 0.15) is 28.1 Å². The largest absolute Gasteiger partial charge is 0.463 e.